The molecule has 2 aliphatic heterocycles. The van der Waals surface area contributed by atoms with Crippen LogP contribution in [0.1, 0.15) is 32.1 Å². The monoisotopic (exact) mass is 236 g/mol. The fourth-order valence-electron chi connectivity index (χ4n) is 2.95. The summed E-state index contributed by atoms with van der Waals surface area (Å²) in [5, 5.41) is 6.01. The molecule has 0 aliphatic carbocycles. The Kier molecular flexibility index (Phi) is 3.74. The minimum Gasteiger partial charge on any atom is -0.311 e. The van der Waals surface area contributed by atoms with Gasteiger partial charge in [-0.15, -0.1) is 0 Å². The van der Waals surface area contributed by atoms with Crippen molar-refractivity contribution in [2.24, 2.45) is 5.92 Å². The zero-order valence-electron chi connectivity index (χ0n) is 9.32. The van der Waals surface area contributed by atoms with E-state index < -0.39 is 12.7 Å². The normalized spacial score (nSPS) is 34.3. The van der Waals surface area contributed by atoms with Crippen molar-refractivity contribution in [1.82, 2.24) is 10.6 Å². The Labute approximate surface area is 94.0 Å². The zero-order chi connectivity index (χ0) is 11.6. The smallest absolute Gasteiger partial charge is 0.311 e. The Hall–Kier alpha value is -0.290. The first-order valence-electron chi connectivity index (χ1n) is 6.06. The van der Waals surface area contributed by atoms with Gasteiger partial charge in [-0.1, -0.05) is 0 Å². The predicted octanol–water partition coefficient (Wildman–Crippen LogP) is 2.06. The summed E-state index contributed by atoms with van der Waals surface area (Å²) >= 11 is 0. The van der Waals surface area contributed by atoms with Crippen LogP contribution >= 0.6 is 0 Å². The van der Waals surface area contributed by atoms with Gasteiger partial charge in [0, 0.05) is 12.1 Å². The number of piperidine rings is 1. The topological polar surface area (TPSA) is 24.1 Å². The molecule has 0 aromatic rings. The first-order valence-corrected chi connectivity index (χ1v) is 6.06. The van der Waals surface area contributed by atoms with Gasteiger partial charge in [0.15, 0.2) is 0 Å². The quantitative estimate of drug-likeness (QED) is 0.730. The van der Waals surface area contributed by atoms with Crippen molar-refractivity contribution in [3.63, 3.8) is 0 Å². The van der Waals surface area contributed by atoms with Crippen LogP contribution in [-0.2, 0) is 0 Å². The molecule has 2 fully saturated rings. The molecule has 2 bridgehead atoms. The van der Waals surface area contributed by atoms with E-state index in [1.54, 1.807) is 0 Å². The van der Waals surface area contributed by atoms with Crippen LogP contribution in [0.15, 0.2) is 0 Å². The third-order valence-electron chi connectivity index (χ3n) is 3.63. The minimum atomic E-state index is -4.08. The van der Waals surface area contributed by atoms with Gasteiger partial charge in [0.05, 0.1) is 6.54 Å². The molecule has 2 rings (SSSR count). The molecule has 16 heavy (non-hydrogen) atoms. The maximum Gasteiger partial charge on any atom is 0.401 e. The Morgan fingerprint density at radius 2 is 1.75 bits per heavy atom. The van der Waals surface area contributed by atoms with Crippen molar-refractivity contribution in [2.45, 2.75) is 50.4 Å². The highest BCUT2D eigenvalue weighted by molar-refractivity contribution is 4.91. The molecule has 0 aromatic heterocycles. The molecule has 2 saturated heterocycles. The summed E-state index contributed by atoms with van der Waals surface area (Å²) in [6.45, 7) is -0.367. The summed E-state index contributed by atoms with van der Waals surface area (Å²) in [5.74, 6) is 0.611. The molecule has 2 atom stereocenters. The summed E-state index contributed by atoms with van der Waals surface area (Å²) in [5.41, 5.74) is 0. The average molecular weight is 236 g/mol. The Bertz CT molecular complexity index is 218. The van der Waals surface area contributed by atoms with Crippen LogP contribution in [0.5, 0.6) is 0 Å². The van der Waals surface area contributed by atoms with E-state index in [0.29, 0.717) is 24.5 Å². The van der Waals surface area contributed by atoms with E-state index in [2.05, 4.69) is 10.6 Å². The van der Waals surface area contributed by atoms with Crippen LogP contribution in [0.25, 0.3) is 0 Å². The molecule has 0 radical (unpaired) electrons. The van der Waals surface area contributed by atoms with Gasteiger partial charge in [-0.05, 0) is 44.6 Å². The molecule has 0 aromatic carbocycles. The van der Waals surface area contributed by atoms with Crippen molar-refractivity contribution in [2.75, 3.05) is 13.1 Å². The summed E-state index contributed by atoms with van der Waals surface area (Å²) < 4.78 is 35.6. The lowest BCUT2D eigenvalue weighted by atomic mass is 9.90. The van der Waals surface area contributed by atoms with Crippen LogP contribution in [0.3, 0.4) is 0 Å². The van der Waals surface area contributed by atoms with Crippen molar-refractivity contribution in [3.05, 3.63) is 0 Å². The molecule has 2 heterocycles. The molecule has 2 N–H and O–H groups in total. The molecule has 94 valence electrons. The van der Waals surface area contributed by atoms with Gasteiger partial charge in [-0.25, -0.2) is 0 Å². The van der Waals surface area contributed by atoms with E-state index in [1.807, 2.05) is 0 Å². The fraction of sp³-hybridized carbons (Fsp3) is 1.00. The largest absolute Gasteiger partial charge is 0.401 e. The standard InChI is InChI=1S/C11H19F3N2/c12-11(13,14)7-15-4-3-8-5-9-1-2-10(6-8)16-9/h8-10,15-16H,1-7H2. The summed E-state index contributed by atoms with van der Waals surface area (Å²) in [7, 11) is 0. The van der Waals surface area contributed by atoms with Crippen molar-refractivity contribution < 1.29 is 13.2 Å². The molecule has 0 amide bonds. The fourth-order valence-corrected chi connectivity index (χ4v) is 2.95. The Morgan fingerprint density at radius 3 is 2.31 bits per heavy atom. The van der Waals surface area contributed by atoms with E-state index in [0.717, 1.165) is 19.3 Å². The van der Waals surface area contributed by atoms with Gasteiger partial charge in [0.1, 0.15) is 0 Å². The predicted molar refractivity (Wildman–Crippen MR) is 56.2 cm³/mol. The second-order valence-corrected chi connectivity index (χ2v) is 5.06. The highest BCUT2D eigenvalue weighted by atomic mass is 19.4. The van der Waals surface area contributed by atoms with E-state index in [-0.39, 0.29) is 0 Å². The third kappa shape index (κ3) is 3.63. The summed E-state index contributed by atoms with van der Waals surface area (Å²) in [4.78, 5) is 0. The molecule has 5 heteroatoms. The maximum absolute atomic E-state index is 11.9. The number of halogens is 3. The zero-order valence-corrected chi connectivity index (χ0v) is 9.32. The van der Waals surface area contributed by atoms with Crippen LogP contribution < -0.4 is 10.6 Å². The molecule has 2 nitrogen and oxygen atoms in total. The first-order chi connectivity index (χ1) is 7.53. The summed E-state index contributed by atoms with van der Waals surface area (Å²) in [6.07, 6.45) is 1.58. The van der Waals surface area contributed by atoms with Crippen molar-refractivity contribution in [1.29, 1.82) is 0 Å². The SMILES string of the molecule is FC(F)(F)CNCCC1CC2CCC(C1)N2. The number of hydrogen-bond acceptors (Lipinski definition) is 2. The highest BCUT2D eigenvalue weighted by Gasteiger charge is 2.33. The number of fused-ring (bicyclic) bond motifs is 2. The van der Waals surface area contributed by atoms with Gasteiger partial charge in [-0.3, -0.25) is 0 Å². The Morgan fingerprint density at radius 1 is 1.12 bits per heavy atom. The Balaban J connectivity index is 1.60. The van der Waals surface area contributed by atoms with Gasteiger partial charge in [-0.2, -0.15) is 13.2 Å². The van der Waals surface area contributed by atoms with Crippen molar-refractivity contribution in [3.8, 4) is 0 Å². The second-order valence-electron chi connectivity index (χ2n) is 5.06. The van der Waals surface area contributed by atoms with Crippen LogP contribution in [0.2, 0.25) is 0 Å². The van der Waals surface area contributed by atoms with E-state index in [4.69, 9.17) is 0 Å². The van der Waals surface area contributed by atoms with Crippen LogP contribution in [0, 0.1) is 5.92 Å². The average Bonchev–Trinajstić information content (AvgIpc) is 2.52. The van der Waals surface area contributed by atoms with Gasteiger partial charge >= 0.3 is 6.18 Å². The van der Waals surface area contributed by atoms with Crippen molar-refractivity contribution >= 4 is 0 Å². The maximum atomic E-state index is 11.9. The van der Waals surface area contributed by atoms with E-state index in [9.17, 15) is 13.2 Å². The van der Waals surface area contributed by atoms with E-state index >= 15 is 0 Å². The number of alkyl halides is 3. The summed E-state index contributed by atoms with van der Waals surface area (Å²) in [6, 6.07) is 1.26. The number of nitrogens with one attached hydrogen (secondary N) is 2. The lowest BCUT2D eigenvalue weighted by Crippen LogP contribution is -2.39. The lowest BCUT2D eigenvalue weighted by Gasteiger charge is -2.29. The van der Waals surface area contributed by atoms with E-state index in [1.165, 1.54) is 12.8 Å². The third-order valence-corrected chi connectivity index (χ3v) is 3.63. The molecule has 2 aliphatic rings. The van der Waals surface area contributed by atoms with Crippen LogP contribution in [-0.4, -0.2) is 31.3 Å². The highest BCUT2D eigenvalue weighted by Crippen LogP contribution is 2.32. The molecule has 0 saturated carbocycles. The first kappa shape index (κ1) is 12.2. The van der Waals surface area contributed by atoms with Gasteiger partial charge < -0.3 is 10.6 Å². The van der Waals surface area contributed by atoms with Gasteiger partial charge in [0.2, 0.25) is 0 Å². The molecular formula is C11H19F3N2. The molecule has 0 spiro atoms. The minimum absolute atomic E-state index is 0.490. The number of rotatable bonds is 4. The lowest BCUT2D eigenvalue weighted by molar-refractivity contribution is -0.124. The number of hydrogen-bond donors (Lipinski definition) is 2. The van der Waals surface area contributed by atoms with Crippen LogP contribution in [0.4, 0.5) is 13.2 Å². The molecular weight excluding hydrogens is 217 g/mol. The van der Waals surface area contributed by atoms with Gasteiger partial charge in [0.25, 0.3) is 0 Å². The molecule has 2 unspecified atom stereocenters. The second kappa shape index (κ2) is 4.92.